The van der Waals surface area contributed by atoms with E-state index in [0.717, 1.165) is 35.5 Å². The molecule has 0 aromatic rings. The molecule has 0 aromatic carbocycles. The minimum absolute atomic E-state index is 0.564. The minimum Gasteiger partial charge on any atom is -0.0999 e. The molecule has 164 valence electrons. The largest absolute Gasteiger partial charge is 0.0999 e. The van der Waals surface area contributed by atoms with Gasteiger partial charge in [-0.2, -0.15) is 0 Å². The van der Waals surface area contributed by atoms with E-state index in [-0.39, 0.29) is 0 Å². The lowest BCUT2D eigenvalue weighted by molar-refractivity contribution is -0.200. The van der Waals surface area contributed by atoms with Gasteiger partial charge in [-0.3, -0.25) is 0 Å². The molecule has 0 radical (unpaired) electrons. The van der Waals surface area contributed by atoms with Crippen molar-refractivity contribution in [2.24, 2.45) is 57.2 Å². The summed E-state index contributed by atoms with van der Waals surface area (Å²) in [4.78, 5) is 0. The summed E-state index contributed by atoms with van der Waals surface area (Å²) in [7, 11) is 0. The molecule has 29 heavy (non-hydrogen) atoms. The molecule has 0 heteroatoms. The van der Waals surface area contributed by atoms with Gasteiger partial charge >= 0.3 is 0 Å². The molecule has 0 heterocycles. The lowest BCUT2D eigenvalue weighted by Crippen LogP contribution is -2.61. The molecule has 5 rings (SSSR count). The van der Waals surface area contributed by atoms with Gasteiger partial charge in [-0.15, -0.1) is 0 Å². The zero-order chi connectivity index (χ0) is 20.8. The smallest absolute Gasteiger partial charge is 0.0175 e. The van der Waals surface area contributed by atoms with E-state index in [1.54, 1.807) is 0 Å². The van der Waals surface area contributed by atoms with Crippen LogP contribution >= 0.6 is 0 Å². The van der Waals surface area contributed by atoms with Crippen LogP contribution in [0, 0.1) is 57.2 Å². The third kappa shape index (κ3) is 2.62. The maximum atomic E-state index is 4.41. The number of hydrogen-bond acceptors (Lipinski definition) is 0. The highest BCUT2D eigenvalue weighted by molar-refractivity contribution is 5.17. The molecule has 0 nitrogen and oxygen atoms in total. The summed E-state index contributed by atoms with van der Waals surface area (Å²) in [6.45, 7) is 20.2. The second-order valence-electron chi connectivity index (χ2n) is 14.0. The fourth-order valence-electron chi connectivity index (χ4n) is 11.4. The van der Waals surface area contributed by atoms with Crippen LogP contribution in [-0.4, -0.2) is 0 Å². The molecule has 0 amide bonds. The molecule has 5 aliphatic carbocycles. The highest BCUT2D eigenvalue weighted by Gasteiger charge is 2.66. The topological polar surface area (TPSA) is 0 Å². The lowest BCUT2D eigenvalue weighted by Gasteiger charge is -2.69. The van der Waals surface area contributed by atoms with Gasteiger partial charge in [0.25, 0.3) is 0 Å². The van der Waals surface area contributed by atoms with Crippen LogP contribution in [0.1, 0.15) is 112 Å². The van der Waals surface area contributed by atoms with Crippen molar-refractivity contribution in [3.05, 3.63) is 12.2 Å². The molecule has 0 spiro atoms. The van der Waals surface area contributed by atoms with E-state index in [4.69, 9.17) is 0 Å². The standard InChI is InChI=1S/C29H48/c1-19(2)20-13-17-27(5)21(20)9-10-23-22(27)11-12-25-28(23,6)18-14-24-26(3,4)15-8-16-29(24,25)7/h20-25H,1,8-18H2,2-7H3/t20-,21?,22-,23+,24-,25-,27-,28-,29-/m0/s1. The molecule has 5 fully saturated rings. The zero-order valence-corrected chi connectivity index (χ0v) is 20.4. The van der Waals surface area contributed by atoms with Crippen LogP contribution in [0.4, 0.5) is 0 Å². The van der Waals surface area contributed by atoms with E-state index in [1.807, 2.05) is 0 Å². The number of hydrogen-bond donors (Lipinski definition) is 0. The Morgan fingerprint density at radius 3 is 1.97 bits per heavy atom. The summed E-state index contributed by atoms with van der Waals surface area (Å²) in [6.07, 6.45) is 16.4. The predicted octanol–water partition coefficient (Wildman–Crippen LogP) is 8.66. The minimum atomic E-state index is 0.564. The molecule has 0 N–H and O–H groups in total. The summed E-state index contributed by atoms with van der Waals surface area (Å²) in [5, 5.41) is 0. The number of rotatable bonds is 1. The zero-order valence-electron chi connectivity index (χ0n) is 20.4. The fourth-order valence-corrected chi connectivity index (χ4v) is 11.4. The second-order valence-corrected chi connectivity index (χ2v) is 14.0. The number of fused-ring (bicyclic) bond motifs is 7. The lowest BCUT2D eigenvalue weighted by atomic mass is 9.36. The van der Waals surface area contributed by atoms with Crippen molar-refractivity contribution < 1.29 is 0 Å². The fraction of sp³-hybridized carbons (Fsp3) is 0.931. The third-order valence-corrected chi connectivity index (χ3v) is 12.5. The summed E-state index contributed by atoms with van der Waals surface area (Å²) in [5.41, 5.74) is 3.86. The van der Waals surface area contributed by atoms with E-state index in [0.29, 0.717) is 21.7 Å². The predicted molar refractivity (Wildman–Crippen MR) is 125 cm³/mol. The molecular weight excluding hydrogens is 348 g/mol. The van der Waals surface area contributed by atoms with Crippen molar-refractivity contribution in [2.45, 2.75) is 112 Å². The molecular formula is C29H48. The van der Waals surface area contributed by atoms with E-state index in [1.165, 1.54) is 76.2 Å². The Bertz CT molecular complexity index is 686. The van der Waals surface area contributed by atoms with Gasteiger partial charge in [0, 0.05) is 0 Å². The average Bonchev–Trinajstić information content (AvgIpc) is 2.98. The summed E-state index contributed by atoms with van der Waals surface area (Å²) in [5.74, 6) is 5.68. The Morgan fingerprint density at radius 2 is 1.24 bits per heavy atom. The highest BCUT2D eigenvalue weighted by atomic mass is 14.7. The van der Waals surface area contributed by atoms with Crippen molar-refractivity contribution in [2.75, 3.05) is 0 Å². The second kappa shape index (κ2) is 6.38. The van der Waals surface area contributed by atoms with Gasteiger partial charge in [0.1, 0.15) is 0 Å². The molecule has 5 aliphatic rings. The highest BCUT2D eigenvalue weighted by Crippen LogP contribution is 2.74. The van der Waals surface area contributed by atoms with Gasteiger partial charge in [-0.25, -0.2) is 0 Å². The Kier molecular flexibility index (Phi) is 4.54. The maximum Gasteiger partial charge on any atom is -0.0175 e. The van der Waals surface area contributed by atoms with Gasteiger partial charge in [0.15, 0.2) is 0 Å². The van der Waals surface area contributed by atoms with Crippen LogP contribution in [0.3, 0.4) is 0 Å². The molecule has 5 saturated carbocycles. The van der Waals surface area contributed by atoms with Crippen LogP contribution in [-0.2, 0) is 0 Å². The maximum absolute atomic E-state index is 4.41. The number of allylic oxidation sites excluding steroid dienone is 1. The first-order chi connectivity index (χ1) is 13.5. The molecule has 0 aliphatic heterocycles. The SMILES string of the molecule is C=C(C)[C@@H]1CC[C@@]2(C)C1CC[C@@H]1[C@@H]2CC[C@H]2[C@@]1(C)CC[C@H]1C(C)(C)CCC[C@]21C. The van der Waals surface area contributed by atoms with Crippen LogP contribution in [0.25, 0.3) is 0 Å². The van der Waals surface area contributed by atoms with Crippen LogP contribution in [0.2, 0.25) is 0 Å². The first-order valence-corrected chi connectivity index (χ1v) is 13.2. The molecule has 9 atom stereocenters. The normalized spacial score (nSPS) is 55.9. The quantitative estimate of drug-likeness (QED) is 0.389. The van der Waals surface area contributed by atoms with Gasteiger partial charge < -0.3 is 0 Å². The Morgan fingerprint density at radius 1 is 0.621 bits per heavy atom. The summed E-state index contributed by atoms with van der Waals surface area (Å²) in [6, 6.07) is 0. The summed E-state index contributed by atoms with van der Waals surface area (Å²) >= 11 is 0. The van der Waals surface area contributed by atoms with E-state index in [9.17, 15) is 0 Å². The average molecular weight is 397 g/mol. The van der Waals surface area contributed by atoms with Crippen LogP contribution in [0.15, 0.2) is 12.2 Å². The third-order valence-electron chi connectivity index (χ3n) is 12.5. The van der Waals surface area contributed by atoms with Gasteiger partial charge in [0.05, 0.1) is 0 Å². The molecule has 0 bridgehead atoms. The molecule has 0 saturated heterocycles. The van der Waals surface area contributed by atoms with Crippen LogP contribution < -0.4 is 0 Å². The van der Waals surface area contributed by atoms with E-state index >= 15 is 0 Å². The Hall–Kier alpha value is -0.260. The van der Waals surface area contributed by atoms with Crippen molar-refractivity contribution in [3.8, 4) is 0 Å². The Balaban J connectivity index is 1.48. The van der Waals surface area contributed by atoms with Crippen molar-refractivity contribution in [1.29, 1.82) is 0 Å². The van der Waals surface area contributed by atoms with E-state index in [2.05, 4.69) is 48.1 Å². The van der Waals surface area contributed by atoms with Crippen molar-refractivity contribution >= 4 is 0 Å². The Labute approximate surface area is 181 Å². The van der Waals surface area contributed by atoms with Gasteiger partial charge in [-0.05, 0) is 128 Å². The van der Waals surface area contributed by atoms with Crippen molar-refractivity contribution in [1.82, 2.24) is 0 Å². The summed E-state index contributed by atoms with van der Waals surface area (Å²) < 4.78 is 0. The van der Waals surface area contributed by atoms with E-state index < -0.39 is 0 Å². The van der Waals surface area contributed by atoms with Gasteiger partial charge in [-0.1, -0.05) is 53.2 Å². The molecule has 1 unspecified atom stereocenters. The first-order valence-electron chi connectivity index (χ1n) is 13.2. The van der Waals surface area contributed by atoms with Gasteiger partial charge in [0.2, 0.25) is 0 Å². The van der Waals surface area contributed by atoms with Crippen LogP contribution in [0.5, 0.6) is 0 Å². The molecule has 0 aromatic heterocycles. The first kappa shape index (κ1) is 20.6. The van der Waals surface area contributed by atoms with Crippen molar-refractivity contribution in [3.63, 3.8) is 0 Å². The monoisotopic (exact) mass is 396 g/mol.